The Morgan fingerprint density at radius 1 is 0.793 bits per heavy atom. The summed E-state index contributed by atoms with van der Waals surface area (Å²) >= 11 is 0. The Labute approximate surface area is 167 Å². The molecule has 0 fully saturated rings. The highest BCUT2D eigenvalue weighted by atomic mass is 16.6. The van der Waals surface area contributed by atoms with Crippen LogP contribution in [0, 0.1) is 27.2 Å². The molecule has 29 heavy (non-hydrogen) atoms. The van der Waals surface area contributed by atoms with E-state index in [4.69, 9.17) is 0 Å². The van der Waals surface area contributed by atoms with Crippen LogP contribution in [0.5, 0.6) is 0 Å². The van der Waals surface area contributed by atoms with Crippen LogP contribution in [0.4, 0.5) is 28.4 Å². The second kappa shape index (κ2) is 8.39. The van der Waals surface area contributed by atoms with Crippen molar-refractivity contribution in [1.82, 2.24) is 0 Å². The minimum Gasteiger partial charge on any atom is -0.388 e. The van der Waals surface area contributed by atoms with Crippen LogP contribution in [-0.2, 0) is 6.42 Å². The molecule has 0 amide bonds. The molecule has 3 rings (SSSR count). The SMILES string of the molecule is CNc1ccc(Cc2ccc(Nc3cc(C)c([N+](=O)[O-])cc3[N+](=O)[O-])cc2)cc1. The maximum absolute atomic E-state index is 11.3. The third-order valence-corrected chi connectivity index (χ3v) is 4.59. The minimum atomic E-state index is -0.627. The van der Waals surface area contributed by atoms with Gasteiger partial charge in [0, 0.05) is 24.0 Å². The molecular formula is C21H20N4O4. The predicted molar refractivity (Wildman–Crippen MR) is 113 cm³/mol. The molecule has 0 saturated heterocycles. The minimum absolute atomic E-state index is 0.216. The third-order valence-electron chi connectivity index (χ3n) is 4.59. The molecule has 0 aliphatic heterocycles. The van der Waals surface area contributed by atoms with Crippen molar-refractivity contribution in [3.8, 4) is 0 Å². The second-order valence-electron chi connectivity index (χ2n) is 6.62. The van der Waals surface area contributed by atoms with E-state index in [1.54, 1.807) is 6.92 Å². The fourth-order valence-electron chi connectivity index (χ4n) is 3.02. The van der Waals surface area contributed by atoms with E-state index >= 15 is 0 Å². The standard InChI is InChI=1S/C21H20N4O4/c1-14-11-19(21(25(28)29)13-20(14)24(26)27)23-18-9-5-16(6-10-18)12-15-3-7-17(22-2)8-4-15/h3-11,13,22-23H,12H2,1-2H3. The molecular weight excluding hydrogens is 372 g/mol. The Morgan fingerprint density at radius 3 is 1.79 bits per heavy atom. The van der Waals surface area contributed by atoms with Crippen LogP contribution in [0.2, 0.25) is 0 Å². The molecule has 0 atom stereocenters. The van der Waals surface area contributed by atoms with Crippen molar-refractivity contribution in [1.29, 1.82) is 0 Å². The van der Waals surface area contributed by atoms with Gasteiger partial charge in [0.25, 0.3) is 11.4 Å². The number of benzene rings is 3. The highest BCUT2D eigenvalue weighted by molar-refractivity contribution is 5.73. The van der Waals surface area contributed by atoms with Crippen LogP contribution in [0.1, 0.15) is 16.7 Å². The largest absolute Gasteiger partial charge is 0.388 e. The molecule has 0 aliphatic rings. The zero-order valence-electron chi connectivity index (χ0n) is 16.0. The van der Waals surface area contributed by atoms with Gasteiger partial charge >= 0.3 is 0 Å². The molecule has 0 heterocycles. The molecule has 0 unspecified atom stereocenters. The fraction of sp³-hybridized carbons (Fsp3) is 0.143. The van der Waals surface area contributed by atoms with Crippen molar-refractivity contribution in [2.45, 2.75) is 13.3 Å². The number of aryl methyl sites for hydroxylation is 1. The van der Waals surface area contributed by atoms with Gasteiger partial charge in [-0.1, -0.05) is 24.3 Å². The zero-order chi connectivity index (χ0) is 21.0. The summed E-state index contributed by atoms with van der Waals surface area (Å²) in [7, 11) is 1.87. The van der Waals surface area contributed by atoms with E-state index in [-0.39, 0.29) is 17.1 Å². The van der Waals surface area contributed by atoms with Crippen molar-refractivity contribution >= 4 is 28.4 Å². The second-order valence-corrected chi connectivity index (χ2v) is 6.62. The first-order valence-corrected chi connectivity index (χ1v) is 8.93. The molecule has 8 heteroatoms. The Kier molecular flexibility index (Phi) is 5.73. The fourth-order valence-corrected chi connectivity index (χ4v) is 3.02. The number of nitro groups is 2. The maximum atomic E-state index is 11.3. The van der Waals surface area contributed by atoms with Gasteiger partial charge in [-0.25, -0.2) is 0 Å². The van der Waals surface area contributed by atoms with Gasteiger partial charge in [-0.3, -0.25) is 20.2 Å². The number of hydrogen-bond donors (Lipinski definition) is 2. The van der Waals surface area contributed by atoms with E-state index in [0.717, 1.165) is 23.7 Å². The summed E-state index contributed by atoms with van der Waals surface area (Å²) in [5.41, 5.74) is 3.94. The molecule has 0 aromatic heterocycles. The van der Waals surface area contributed by atoms with Crippen LogP contribution in [0.3, 0.4) is 0 Å². The number of nitrogens with zero attached hydrogens (tertiary/aromatic N) is 2. The summed E-state index contributed by atoms with van der Waals surface area (Å²) in [5, 5.41) is 28.5. The van der Waals surface area contributed by atoms with Gasteiger partial charge in [-0.2, -0.15) is 0 Å². The zero-order valence-corrected chi connectivity index (χ0v) is 16.0. The molecule has 0 bridgehead atoms. The van der Waals surface area contributed by atoms with E-state index in [2.05, 4.69) is 22.8 Å². The summed E-state index contributed by atoms with van der Waals surface area (Å²) in [6, 6.07) is 18.1. The summed E-state index contributed by atoms with van der Waals surface area (Å²) in [6.45, 7) is 1.55. The van der Waals surface area contributed by atoms with Crippen molar-refractivity contribution in [3.05, 3.63) is 97.6 Å². The van der Waals surface area contributed by atoms with Crippen molar-refractivity contribution in [2.24, 2.45) is 0 Å². The lowest BCUT2D eigenvalue weighted by Gasteiger charge is -2.10. The lowest BCUT2D eigenvalue weighted by atomic mass is 10.0. The van der Waals surface area contributed by atoms with E-state index in [1.165, 1.54) is 11.6 Å². The molecule has 2 N–H and O–H groups in total. The Morgan fingerprint density at radius 2 is 1.31 bits per heavy atom. The quantitative estimate of drug-likeness (QED) is 0.423. The summed E-state index contributed by atoms with van der Waals surface area (Å²) < 4.78 is 0. The van der Waals surface area contributed by atoms with Crippen LogP contribution in [0.25, 0.3) is 0 Å². The number of anilines is 3. The first-order valence-electron chi connectivity index (χ1n) is 8.93. The van der Waals surface area contributed by atoms with Gasteiger partial charge in [0.2, 0.25) is 0 Å². The number of nitrogens with one attached hydrogen (secondary N) is 2. The van der Waals surface area contributed by atoms with Crippen molar-refractivity contribution in [3.63, 3.8) is 0 Å². The number of nitro benzene ring substituents is 2. The Bertz CT molecular complexity index is 1050. The molecule has 0 saturated carbocycles. The molecule has 0 spiro atoms. The number of hydrogen-bond acceptors (Lipinski definition) is 6. The van der Waals surface area contributed by atoms with Crippen molar-refractivity contribution in [2.75, 3.05) is 17.7 Å². The van der Waals surface area contributed by atoms with Gasteiger partial charge in [-0.05, 0) is 54.8 Å². The molecule has 3 aromatic carbocycles. The first kappa shape index (κ1) is 19.8. The molecule has 8 nitrogen and oxygen atoms in total. The van der Waals surface area contributed by atoms with Crippen LogP contribution >= 0.6 is 0 Å². The van der Waals surface area contributed by atoms with Gasteiger partial charge in [0.1, 0.15) is 5.69 Å². The van der Waals surface area contributed by atoms with Crippen molar-refractivity contribution < 1.29 is 9.85 Å². The van der Waals surface area contributed by atoms with Crippen LogP contribution in [0.15, 0.2) is 60.7 Å². The summed E-state index contributed by atoms with van der Waals surface area (Å²) in [5.74, 6) is 0. The monoisotopic (exact) mass is 392 g/mol. The maximum Gasteiger partial charge on any atom is 0.299 e. The highest BCUT2D eigenvalue weighted by Crippen LogP contribution is 2.34. The Hall–Kier alpha value is -3.94. The lowest BCUT2D eigenvalue weighted by molar-refractivity contribution is -0.394. The molecule has 148 valence electrons. The van der Waals surface area contributed by atoms with Gasteiger partial charge < -0.3 is 10.6 Å². The van der Waals surface area contributed by atoms with Gasteiger partial charge in [0.15, 0.2) is 0 Å². The predicted octanol–water partition coefficient (Wildman–Crippen LogP) is 5.19. The first-order chi connectivity index (χ1) is 13.9. The van der Waals surface area contributed by atoms with Crippen LogP contribution in [-0.4, -0.2) is 16.9 Å². The topological polar surface area (TPSA) is 110 Å². The van der Waals surface area contributed by atoms with E-state index in [9.17, 15) is 20.2 Å². The normalized spacial score (nSPS) is 10.4. The van der Waals surface area contributed by atoms with Gasteiger partial charge in [0.05, 0.1) is 15.9 Å². The highest BCUT2D eigenvalue weighted by Gasteiger charge is 2.22. The molecule has 0 aliphatic carbocycles. The lowest BCUT2D eigenvalue weighted by Crippen LogP contribution is -2.01. The van der Waals surface area contributed by atoms with E-state index in [0.29, 0.717) is 11.3 Å². The van der Waals surface area contributed by atoms with E-state index in [1.807, 2.05) is 43.4 Å². The Balaban J connectivity index is 1.79. The summed E-state index contributed by atoms with van der Waals surface area (Å²) in [4.78, 5) is 21.1. The molecule has 0 radical (unpaired) electrons. The average molecular weight is 392 g/mol. The molecule has 3 aromatic rings. The number of rotatable bonds is 7. The van der Waals surface area contributed by atoms with E-state index < -0.39 is 9.85 Å². The smallest absolute Gasteiger partial charge is 0.299 e. The van der Waals surface area contributed by atoms with Gasteiger partial charge in [-0.15, -0.1) is 0 Å². The average Bonchev–Trinajstić information content (AvgIpc) is 2.69. The van der Waals surface area contributed by atoms with Crippen LogP contribution < -0.4 is 10.6 Å². The summed E-state index contributed by atoms with van der Waals surface area (Å²) in [6.07, 6.45) is 0.765. The third kappa shape index (κ3) is 4.67.